The number of hydrogen-bond donors (Lipinski definition) is 2. The number of carbonyl (C=O) groups is 2. The number of carbonyl (C=O) groups excluding carboxylic acids is 2. The number of nitrogens with one attached hydrogen (secondary N) is 2. The highest BCUT2D eigenvalue weighted by atomic mass is 16.7. The Morgan fingerprint density at radius 2 is 1.97 bits per heavy atom. The number of piperazine rings is 1. The number of hydrogen-bond acceptors (Lipinski definition) is 7. The maximum Gasteiger partial charge on any atom is 0.317 e. The third kappa shape index (κ3) is 6.36. The van der Waals surface area contributed by atoms with E-state index in [0.717, 1.165) is 24.5 Å². The van der Waals surface area contributed by atoms with Gasteiger partial charge in [0.15, 0.2) is 6.29 Å². The standard InChI is InChI=1S/C22H30N6O5/c1-23-20(29)12-25-22(30)28-10-8-27(9-11-28)17-2-4-18(5-3-17)31-14-19-15-32-21(33-19)13-26-7-6-24-16-26/h2-7,16,19,21H,8-15H2,1H3,(H,23,29)(H,25,30). The van der Waals surface area contributed by atoms with Crippen molar-refractivity contribution in [2.75, 3.05) is 57.9 Å². The smallest absolute Gasteiger partial charge is 0.317 e. The molecule has 0 saturated carbocycles. The number of rotatable bonds is 8. The van der Waals surface area contributed by atoms with E-state index >= 15 is 0 Å². The normalized spacial score (nSPS) is 20.5. The summed E-state index contributed by atoms with van der Waals surface area (Å²) >= 11 is 0. The number of nitrogens with zero attached hydrogens (tertiary/aromatic N) is 4. The van der Waals surface area contributed by atoms with Crippen LogP contribution in [-0.2, 0) is 20.8 Å². The summed E-state index contributed by atoms with van der Waals surface area (Å²) in [4.78, 5) is 31.4. The van der Waals surface area contributed by atoms with E-state index in [0.29, 0.717) is 32.8 Å². The van der Waals surface area contributed by atoms with E-state index in [9.17, 15) is 9.59 Å². The Hall–Kier alpha value is -3.31. The lowest BCUT2D eigenvalue weighted by Crippen LogP contribution is -2.52. The molecule has 2 saturated heterocycles. The highest BCUT2D eigenvalue weighted by Gasteiger charge is 2.27. The second-order valence-electron chi connectivity index (χ2n) is 7.89. The van der Waals surface area contributed by atoms with Gasteiger partial charge in [-0.05, 0) is 24.3 Å². The average Bonchev–Trinajstić information content (AvgIpc) is 3.54. The predicted octanol–water partition coefficient (Wildman–Crippen LogP) is 0.281. The van der Waals surface area contributed by atoms with Crippen molar-refractivity contribution in [3.8, 4) is 5.75 Å². The van der Waals surface area contributed by atoms with Crippen molar-refractivity contribution >= 4 is 17.6 Å². The van der Waals surface area contributed by atoms with E-state index in [1.165, 1.54) is 0 Å². The number of imidazole rings is 1. The number of urea groups is 1. The maximum absolute atomic E-state index is 12.2. The van der Waals surface area contributed by atoms with Gasteiger partial charge < -0.3 is 39.2 Å². The molecular formula is C22H30N6O5. The minimum Gasteiger partial charge on any atom is -0.491 e. The first-order valence-corrected chi connectivity index (χ1v) is 11.0. The first kappa shape index (κ1) is 22.9. The predicted molar refractivity (Wildman–Crippen MR) is 120 cm³/mol. The van der Waals surface area contributed by atoms with E-state index in [2.05, 4.69) is 20.5 Å². The Labute approximate surface area is 192 Å². The van der Waals surface area contributed by atoms with Gasteiger partial charge in [0, 0.05) is 51.3 Å². The number of benzene rings is 1. The van der Waals surface area contributed by atoms with Gasteiger partial charge in [0.05, 0.1) is 26.0 Å². The van der Waals surface area contributed by atoms with Gasteiger partial charge in [-0.3, -0.25) is 4.79 Å². The van der Waals surface area contributed by atoms with Crippen molar-refractivity contribution < 1.29 is 23.8 Å². The maximum atomic E-state index is 12.2. The molecule has 33 heavy (non-hydrogen) atoms. The van der Waals surface area contributed by atoms with Crippen molar-refractivity contribution in [2.45, 2.75) is 18.9 Å². The second kappa shape index (κ2) is 11.0. The molecule has 2 aromatic rings. The Balaban J connectivity index is 1.17. The van der Waals surface area contributed by atoms with E-state index in [-0.39, 0.29) is 30.9 Å². The first-order chi connectivity index (χ1) is 16.1. The van der Waals surface area contributed by atoms with Crippen LogP contribution in [0.3, 0.4) is 0 Å². The number of amides is 3. The summed E-state index contributed by atoms with van der Waals surface area (Å²) < 4.78 is 19.4. The molecule has 4 rings (SSSR count). The molecule has 2 fully saturated rings. The number of ether oxygens (including phenoxy) is 3. The van der Waals surface area contributed by atoms with Gasteiger partial charge >= 0.3 is 6.03 Å². The topological polar surface area (TPSA) is 110 Å². The second-order valence-corrected chi connectivity index (χ2v) is 7.89. The molecule has 1 aromatic heterocycles. The fraction of sp³-hybridized carbons (Fsp3) is 0.500. The molecule has 0 spiro atoms. The van der Waals surface area contributed by atoms with E-state index in [4.69, 9.17) is 14.2 Å². The van der Waals surface area contributed by atoms with Crippen LogP contribution in [0.15, 0.2) is 43.0 Å². The summed E-state index contributed by atoms with van der Waals surface area (Å²) in [5, 5.41) is 5.12. The number of anilines is 1. The first-order valence-electron chi connectivity index (χ1n) is 11.0. The van der Waals surface area contributed by atoms with Crippen molar-refractivity contribution in [3.63, 3.8) is 0 Å². The largest absolute Gasteiger partial charge is 0.491 e. The van der Waals surface area contributed by atoms with Crippen LogP contribution in [0.2, 0.25) is 0 Å². The van der Waals surface area contributed by atoms with Gasteiger partial charge in [0.2, 0.25) is 5.91 Å². The summed E-state index contributed by atoms with van der Waals surface area (Å²) in [7, 11) is 1.54. The summed E-state index contributed by atoms with van der Waals surface area (Å²) in [6.07, 6.45) is 4.94. The highest BCUT2D eigenvalue weighted by molar-refractivity contribution is 5.83. The number of aromatic nitrogens is 2. The zero-order valence-electron chi connectivity index (χ0n) is 18.7. The highest BCUT2D eigenvalue weighted by Crippen LogP contribution is 2.22. The fourth-order valence-corrected chi connectivity index (χ4v) is 3.72. The molecule has 2 unspecified atom stereocenters. The lowest BCUT2D eigenvalue weighted by atomic mass is 10.2. The molecule has 178 valence electrons. The minimum atomic E-state index is -0.292. The van der Waals surface area contributed by atoms with Crippen molar-refractivity contribution in [2.24, 2.45) is 0 Å². The van der Waals surface area contributed by atoms with Gasteiger partial charge in [0.25, 0.3) is 0 Å². The molecule has 0 aliphatic carbocycles. The third-order valence-electron chi connectivity index (χ3n) is 5.61. The summed E-state index contributed by atoms with van der Waals surface area (Å²) in [6.45, 7) is 4.14. The summed E-state index contributed by atoms with van der Waals surface area (Å²) in [5.74, 6) is 0.554. The zero-order chi connectivity index (χ0) is 23.0. The van der Waals surface area contributed by atoms with Gasteiger partial charge in [-0.1, -0.05) is 0 Å². The Morgan fingerprint density at radius 3 is 2.67 bits per heavy atom. The lowest BCUT2D eigenvalue weighted by Gasteiger charge is -2.36. The van der Waals surface area contributed by atoms with Gasteiger partial charge in [-0.25, -0.2) is 9.78 Å². The Bertz CT molecular complexity index is 899. The van der Waals surface area contributed by atoms with Crippen LogP contribution in [0.4, 0.5) is 10.5 Å². The van der Waals surface area contributed by atoms with Gasteiger partial charge in [-0.15, -0.1) is 0 Å². The SMILES string of the molecule is CNC(=O)CNC(=O)N1CCN(c2ccc(OCC3COC(Cn4ccnc4)O3)cc2)CC1. The van der Waals surface area contributed by atoms with E-state index < -0.39 is 0 Å². The van der Waals surface area contributed by atoms with Crippen molar-refractivity contribution in [1.82, 2.24) is 25.1 Å². The molecule has 2 atom stereocenters. The summed E-state index contributed by atoms with van der Waals surface area (Å²) in [6, 6.07) is 7.70. The van der Waals surface area contributed by atoms with Crippen LogP contribution in [0.25, 0.3) is 0 Å². The monoisotopic (exact) mass is 458 g/mol. The third-order valence-corrected chi connectivity index (χ3v) is 5.61. The molecule has 11 nitrogen and oxygen atoms in total. The van der Waals surface area contributed by atoms with Crippen LogP contribution >= 0.6 is 0 Å². The molecule has 11 heteroatoms. The quantitative estimate of drug-likeness (QED) is 0.585. The molecule has 2 aliphatic rings. The summed E-state index contributed by atoms with van der Waals surface area (Å²) in [5.41, 5.74) is 1.08. The van der Waals surface area contributed by atoms with Crippen LogP contribution < -0.4 is 20.3 Å². The number of likely N-dealkylation sites (N-methyl/N-ethyl adjacent to an activating group) is 1. The van der Waals surface area contributed by atoms with Crippen molar-refractivity contribution in [3.05, 3.63) is 43.0 Å². The van der Waals surface area contributed by atoms with Crippen molar-refractivity contribution in [1.29, 1.82) is 0 Å². The van der Waals surface area contributed by atoms with Crippen LogP contribution in [0.5, 0.6) is 5.75 Å². The molecule has 0 bridgehead atoms. The van der Waals surface area contributed by atoms with E-state index in [1.807, 2.05) is 35.0 Å². The molecular weight excluding hydrogens is 428 g/mol. The molecule has 3 heterocycles. The average molecular weight is 459 g/mol. The van der Waals surface area contributed by atoms with E-state index in [1.54, 1.807) is 24.5 Å². The zero-order valence-corrected chi connectivity index (χ0v) is 18.7. The Morgan fingerprint density at radius 1 is 1.18 bits per heavy atom. The molecule has 2 aliphatic heterocycles. The molecule has 3 amide bonds. The fourth-order valence-electron chi connectivity index (χ4n) is 3.72. The molecule has 0 radical (unpaired) electrons. The lowest BCUT2D eigenvalue weighted by molar-refractivity contribution is -0.119. The van der Waals surface area contributed by atoms with Crippen LogP contribution in [0, 0.1) is 0 Å². The molecule has 2 N–H and O–H groups in total. The van der Waals surface area contributed by atoms with Crippen LogP contribution in [-0.4, -0.2) is 91.8 Å². The minimum absolute atomic E-state index is 0.0136. The molecule has 1 aromatic carbocycles. The van der Waals surface area contributed by atoms with Crippen LogP contribution in [0.1, 0.15) is 0 Å². The van der Waals surface area contributed by atoms with Gasteiger partial charge in [-0.2, -0.15) is 0 Å². The Kier molecular flexibility index (Phi) is 7.63. The van der Waals surface area contributed by atoms with Gasteiger partial charge in [0.1, 0.15) is 18.5 Å².